The highest BCUT2D eigenvalue weighted by Crippen LogP contribution is 2.35. The topological polar surface area (TPSA) is 57.4 Å². The molecule has 4 nitrogen and oxygen atoms in total. The maximum Gasteiger partial charge on any atom is 0.0746 e. The molecule has 7 heterocycles. The van der Waals surface area contributed by atoms with Gasteiger partial charge in [-0.25, -0.2) is 9.97 Å². The van der Waals surface area contributed by atoms with Crippen LogP contribution in [-0.4, -0.2) is 19.9 Å². The van der Waals surface area contributed by atoms with E-state index >= 15 is 0 Å². The Morgan fingerprint density at radius 3 is 1.59 bits per heavy atom. The van der Waals surface area contributed by atoms with E-state index in [1.165, 1.54) is 4.88 Å². The van der Waals surface area contributed by atoms with Crippen molar-refractivity contribution >= 4 is 69.0 Å². The summed E-state index contributed by atoms with van der Waals surface area (Å²) in [5.74, 6) is 0. The highest BCUT2D eigenvalue weighted by atomic mass is 32.1. The molecule has 0 amide bonds. The molecule has 0 saturated carbocycles. The first-order chi connectivity index (χ1) is 16.8. The molecule has 0 aromatic carbocycles. The summed E-state index contributed by atoms with van der Waals surface area (Å²) in [5.41, 5.74) is 10.1. The molecule has 0 unspecified atom stereocenters. The van der Waals surface area contributed by atoms with Crippen molar-refractivity contribution in [2.45, 2.75) is 0 Å². The van der Waals surface area contributed by atoms with Crippen LogP contribution in [0.5, 0.6) is 0 Å². The first kappa shape index (κ1) is 19.5. The molecule has 0 radical (unpaired) electrons. The van der Waals surface area contributed by atoms with Crippen LogP contribution < -0.4 is 0 Å². The molecule has 2 N–H and O–H groups in total. The number of hydrogen-bond donors (Lipinski definition) is 2. The molecule has 5 aromatic rings. The van der Waals surface area contributed by atoms with Crippen molar-refractivity contribution < 1.29 is 0 Å². The Balaban J connectivity index is 1.60. The SMILES string of the molecule is C1=Cc2nc1cc1ccc([nH]1)c(-c1cccs1)c1ccc(cc3nc(c2-c2cccs2)C=C3)[nH]1. The van der Waals surface area contributed by atoms with Gasteiger partial charge in [0.1, 0.15) is 0 Å². The maximum absolute atomic E-state index is 4.96. The van der Waals surface area contributed by atoms with Gasteiger partial charge in [-0.05, 0) is 83.6 Å². The van der Waals surface area contributed by atoms with Gasteiger partial charge in [0, 0.05) is 42.9 Å². The molecule has 0 spiro atoms. The fraction of sp³-hybridized carbons (Fsp3) is 0. The number of fused-ring (bicyclic) bond motifs is 8. The molecule has 2 aliphatic heterocycles. The molecule has 0 fully saturated rings. The molecule has 0 atom stereocenters. The Morgan fingerprint density at radius 1 is 0.559 bits per heavy atom. The summed E-state index contributed by atoms with van der Waals surface area (Å²) in [6.45, 7) is 0. The third kappa shape index (κ3) is 3.36. The van der Waals surface area contributed by atoms with Gasteiger partial charge in [0.2, 0.25) is 0 Å². The number of rotatable bonds is 2. The highest BCUT2D eigenvalue weighted by molar-refractivity contribution is 7.14. The van der Waals surface area contributed by atoms with E-state index in [1.807, 2.05) is 0 Å². The van der Waals surface area contributed by atoms with Crippen molar-refractivity contribution in [1.82, 2.24) is 19.9 Å². The number of hydrogen-bond acceptors (Lipinski definition) is 4. The molecule has 8 bridgehead atoms. The van der Waals surface area contributed by atoms with Crippen molar-refractivity contribution in [3.63, 3.8) is 0 Å². The molecular weight excluding hydrogens is 456 g/mol. The second kappa shape index (κ2) is 7.80. The fourth-order valence-corrected chi connectivity index (χ4v) is 6.02. The van der Waals surface area contributed by atoms with Crippen molar-refractivity contribution in [3.8, 4) is 20.9 Å². The lowest BCUT2D eigenvalue weighted by Crippen LogP contribution is -1.86. The van der Waals surface area contributed by atoms with Crippen LogP contribution in [0.1, 0.15) is 22.8 Å². The summed E-state index contributed by atoms with van der Waals surface area (Å²) in [4.78, 5) is 19.5. The molecular formula is C28H18N4S2. The van der Waals surface area contributed by atoms with E-state index in [9.17, 15) is 0 Å². The predicted molar refractivity (Wildman–Crippen MR) is 145 cm³/mol. The van der Waals surface area contributed by atoms with E-state index in [-0.39, 0.29) is 0 Å². The van der Waals surface area contributed by atoms with Crippen LogP contribution in [0.3, 0.4) is 0 Å². The van der Waals surface area contributed by atoms with Gasteiger partial charge < -0.3 is 9.97 Å². The monoisotopic (exact) mass is 474 g/mol. The van der Waals surface area contributed by atoms with E-state index in [2.05, 4.69) is 106 Å². The number of aromatic nitrogens is 4. The van der Waals surface area contributed by atoms with E-state index in [1.54, 1.807) is 22.7 Å². The minimum absolute atomic E-state index is 0.919. The zero-order chi connectivity index (χ0) is 22.5. The molecule has 0 saturated heterocycles. The standard InChI is InChI=1S/C28H18N4S2/c1-3-25(33-13-1)27-21-9-5-17(29-21)15-19-7-11-23(31-19)28(26-4-2-14-34-26)24-12-8-20(32-24)16-18-6-10-22(27)30-18/h1-16,29-30H. The quantitative estimate of drug-likeness (QED) is 0.266. The molecule has 162 valence electrons. The summed E-state index contributed by atoms with van der Waals surface area (Å²) in [5, 5.41) is 4.20. The fourth-order valence-electron chi connectivity index (χ4n) is 4.43. The lowest BCUT2D eigenvalue weighted by Gasteiger charge is -2.00. The second-order valence-corrected chi connectivity index (χ2v) is 10.1. The van der Waals surface area contributed by atoms with E-state index in [0.717, 1.165) is 60.8 Å². The molecule has 7 rings (SSSR count). The van der Waals surface area contributed by atoms with Gasteiger partial charge >= 0.3 is 0 Å². The van der Waals surface area contributed by atoms with E-state index in [0.29, 0.717) is 0 Å². The first-order valence-electron chi connectivity index (χ1n) is 11.0. The molecule has 2 aliphatic rings. The number of nitrogens with one attached hydrogen (secondary N) is 2. The van der Waals surface area contributed by atoms with Crippen LogP contribution in [0.15, 0.2) is 71.4 Å². The van der Waals surface area contributed by atoms with Gasteiger partial charge in [0.25, 0.3) is 0 Å². The lowest BCUT2D eigenvalue weighted by atomic mass is 10.1. The molecule has 6 heteroatoms. The Labute approximate surface area is 203 Å². The number of nitrogens with zero attached hydrogens (tertiary/aromatic N) is 2. The van der Waals surface area contributed by atoms with Crippen molar-refractivity contribution in [2.75, 3.05) is 0 Å². The Hall–Kier alpha value is -4.00. The molecule has 5 aromatic heterocycles. The minimum Gasteiger partial charge on any atom is -0.355 e. The normalized spacial score (nSPS) is 12.5. The predicted octanol–water partition coefficient (Wildman–Crippen LogP) is 8.11. The third-order valence-electron chi connectivity index (χ3n) is 5.93. The Bertz CT molecular complexity index is 1650. The average Bonchev–Trinajstić information content (AvgIpc) is 3.67. The van der Waals surface area contributed by atoms with Crippen LogP contribution in [0.4, 0.5) is 0 Å². The summed E-state index contributed by atoms with van der Waals surface area (Å²) in [7, 11) is 0. The largest absolute Gasteiger partial charge is 0.355 e. The summed E-state index contributed by atoms with van der Waals surface area (Å²) < 4.78 is 0. The van der Waals surface area contributed by atoms with Gasteiger partial charge in [0.15, 0.2) is 0 Å². The van der Waals surface area contributed by atoms with Crippen molar-refractivity contribution in [1.29, 1.82) is 0 Å². The van der Waals surface area contributed by atoms with Gasteiger partial charge in [-0.2, -0.15) is 0 Å². The van der Waals surface area contributed by atoms with Crippen molar-refractivity contribution in [3.05, 3.63) is 94.2 Å². The van der Waals surface area contributed by atoms with Gasteiger partial charge in [-0.3, -0.25) is 0 Å². The maximum atomic E-state index is 4.96. The lowest BCUT2D eigenvalue weighted by molar-refractivity contribution is 1.28. The van der Waals surface area contributed by atoms with Crippen LogP contribution >= 0.6 is 22.7 Å². The molecule has 0 aliphatic carbocycles. The summed E-state index contributed by atoms with van der Waals surface area (Å²) in [6, 6.07) is 21.1. The molecule has 34 heavy (non-hydrogen) atoms. The van der Waals surface area contributed by atoms with Crippen LogP contribution in [0.25, 0.3) is 67.3 Å². The smallest absolute Gasteiger partial charge is 0.0746 e. The first-order valence-corrected chi connectivity index (χ1v) is 12.7. The number of H-pyrrole nitrogens is 2. The summed E-state index contributed by atoms with van der Waals surface area (Å²) >= 11 is 3.44. The van der Waals surface area contributed by atoms with Crippen LogP contribution in [-0.2, 0) is 0 Å². The zero-order valence-electron chi connectivity index (χ0n) is 17.9. The second-order valence-electron chi connectivity index (χ2n) is 8.16. The number of thiophene rings is 2. The van der Waals surface area contributed by atoms with E-state index in [4.69, 9.17) is 9.97 Å². The van der Waals surface area contributed by atoms with Crippen LogP contribution in [0, 0.1) is 0 Å². The number of aromatic amines is 2. The zero-order valence-corrected chi connectivity index (χ0v) is 19.6. The summed E-state index contributed by atoms with van der Waals surface area (Å²) in [6.07, 6.45) is 8.30. The third-order valence-corrected chi connectivity index (χ3v) is 7.71. The van der Waals surface area contributed by atoms with Gasteiger partial charge in [0.05, 0.1) is 22.8 Å². The van der Waals surface area contributed by atoms with Gasteiger partial charge in [-0.1, -0.05) is 12.1 Å². The van der Waals surface area contributed by atoms with Gasteiger partial charge in [-0.15, -0.1) is 22.7 Å². The Kier molecular flexibility index (Phi) is 4.46. The van der Waals surface area contributed by atoms with Crippen LogP contribution in [0.2, 0.25) is 0 Å². The average molecular weight is 475 g/mol. The van der Waals surface area contributed by atoms with Crippen molar-refractivity contribution in [2.24, 2.45) is 0 Å². The highest BCUT2D eigenvalue weighted by Gasteiger charge is 2.15. The van der Waals surface area contributed by atoms with E-state index < -0.39 is 0 Å². The Morgan fingerprint density at radius 2 is 1.09 bits per heavy atom. The minimum atomic E-state index is 0.919.